The third kappa shape index (κ3) is 3.33. The number of hydrogen-bond acceptors (Lipinski definition) is 4. The molecular weight excluding hydrogens is 387 g/mol. The fraction of sp³-hybridized carbons (Fsp3) is 0.211. The maximum Gasteiger partial charge on any atom is 0.262 e. The molecule has 0 bridgehead atoms. The minimum atomic E-state index is -0.268. The first-order chi connectivity index (χ1) is 13.1. The monoisotopic (exact) mass is 402 g/mol. The van der Waals surface area contributed by atoms with Gasteiger partial charge in [-0.2, -0.15) is 0 Å². The molecule has 2 aromatic heterocycles. The molecule has 0 N–H and O–H groups in total. The van der Waals surface area contributed by atoms with Crippen LogP contribution in [-0.2, 0) is 12.3 Å². The van der Waals surface area contributed by atoms with Crippen LogP contribution in [-0.4, -0.2) is 19.2 Å². The Hall–Kier alpha value is -2.38. The maximum atomic E-state index is 13.4. The number of hydrogen-bond donors (Lipinski definition) is 0. The third-order valence-electron chi connectivity index (χ3n) is 4.24. The van der Waals surface area contributed by atoms with Crippen LogP contribution in [0, 0.1) is 5.82 Å². The van der Waals surface area contributed by atoms with E-state index in [1.807, 2.05) is 17.4 Å². The number of rotatable bonds is 5. The molecular formula is C19H16ClFN4OS. The summed E-state index contributed by atoms with van der Waals surface area (Å²) in [5.41, 5.74) is 1.43. The number of thioether (sulfide) groups is 1. The summed E-state index contributed by atoms with van der Waals surface area (Å²) in [6.07, 6.45) is 0.792. The smallest absolute Gasteiger partial charge is 0.262 e. The first-order valence-corrected chi connectivity index (χ1v) is 9.89. The number of fused-ring (bicyclic) bond motifs is 3. The van der Waals surface area contributed by atoms with Gasteiger partial charge in [0, 0.05) is 17.3 Å². The van der Waals surface area contributed by atoms with Gasteiger partial charge in [-0.1, -0.05) is 42.4 Å². The molecule has 0 unspecified atom stereocenters. The van der Waals surface area contributed by atoms with Crippen molar-refractivity contribution in [3.63, 3.8) is 0 Å². The highest BCUT2D eigenvalue weighted by Crippen LogP contribution is 2.26. The van der Waals surface area contributed by atoms with Gasteiger partial charge in [0.05, 0.1) is 10.9 Å². The summed E-state index contributed by atoms with van der Waals surface area (Å²) >= 11 is 7.56. The number of aromatic nitrogens is 4. The van der Waals surface area contributed by atoms with Crippen molar-refractivity contribution in [2.45, 2.75) is 30.8 Å². The van der Waals surface area contributed by atoms with Crippen LogP contribution < -0.4 is 5.56 Å². The van der Waals surface area contributed by atoms with Crippen molar-refractivity contribution in [2.24, 2.45) is 0 Å². The van der Waals surface area contributed by atoms with Gasteiger partial charge in [0.2, 0.25) is 5.78 Å². The quantitative estimate of drug-likeness (QED) is 0.460. The molecule has 0 saturated carbocycles. The lowest BCUT2D eigenvalue weighted by Gasteiger charge is -2.10. The van der Waals surface area contributed by atoms with E-state index in [2.05, 4.69) is 10.2 Å². The molecule has 4 aromatic rings. The van der Waals surface area contributed by atoms with Crippen molar-refractivity contribution >= 4 is 40.0 Å². The molecule has 8 heteroatoms. The number of benzene rings is 2. The normalized spacial score (nSPS) is 11.5. The molecule has 2 aromatic carbocycles. The maximum absolute atomic E-state index is 13.4. The Bertz CT molecular complexity index is 1200. The Morgan fingerprint density at radius 2 is 2.04 bits per heavy atom. The number of halogens is 2. The van der Waals surface area contributed by atoms with Gasteiger partial charge in [0.25, 0.3) is 5.56 Å². The molecule has 4 rings (SSSR count). The van der Waals surface area contributed by atoms with Crippen LogP contribution in [0.4, 0.5) is 4.39 Å². The zero-order valence-electron chi connectivity index (χ0n) is 14.5. The second-order valence-electron chi connectivity index (χ2n) is 6.15. The molecule has 0 atom stereocenters. The fourth-order valence-corrected chi connectivity index (χ4v) is 4.11. The Morgan fingerprint density at radius 1 is 1.19 bits per heavy atom. The van der Waals surface area contributed by atoms with Gasteiger partial charge in [0.1, 0.15) is 5.82 Å². The molecule has 0 saturated heterocycles. The van der Waals surface area contributed by atoms with Gasteiger partial charge < -0.3 is 0 Å². The van der Waals surface area contributed by atoms with Crippen molar-refractivity contribution in [3.8, 4) is 0 Å². The summed E-state index contributed by atoms with van der Waals surface area (Å²) in [5.74, 6) is 0.773. The van der Waals surface area contributed by atoms with E-state index < -0.39 is 0 Å². The molecule has 0 radical (unpaired) electrons. The van der Waals surface area contributed by atoms with Crippen molar-refractivity contribution in [1.82, 2.24) is 19.2 Å². The van der Waals surface area contributed by atoms with E-state index in [-0.39, 0.29) is 11.4 Å². The summed E-state index contributed by atoms with van der Waals surface area (Å²) in [7, 11) is 0. The highest BCUT2D eigenvalue weighted by molar-refractivity contribution is 7.98. The van der Waals surface area contributed by atoms with Crippen molar-refractivity contribution in [2.75, 3.05) is 0 Å². The summed E-state index contributed by atoms with van der Waals surface area (Å²) in [6, 6.07) is 11.7. The van der Waals surface area contributed by atoms with Gasteiger partial charge in [-0.05, 0) is 42.3 Å². The van der Waals surface area contributed by atoms with Gasteiger partial charge in [-0.15, -0.1) is 10.2 Å². The molecule has 2 heterocycles. The fourth-order valence-electron chi connectivity index (χ4n) is 3.05. The van der Waals surface area contributed by atoms with E-state index in [0.717, 1.165) is 12.0 Å². The molecule has 0 aliphatic carbocycles. The lowest BCUT2D eigenvalue weighted by atomic mass is 10.2. The van der Waals surface area contributed by atoms with E-state index in [0.29, 0.717) is 39.2 Å². The second-order valence-corrected chi connectivity index (χ2v) is 7.53. The van der Waals surface area contributed by atoms with Crippen LogP contribution >= 0.6 is 23.4 Å². The van der Waals surface area contributed by atoms with E-state index in [9.17, 15) is 9.18 Å². The van der Waals surface area contributed by atoms with Gasteiger partial charge in [0.15, 0.2) is 5.16 Å². The van der Waals surface area contributed by atoms with Crippen LogP contribution in [0.1, 0.15) is 18.9 Å². The van der Waals surface area contributed by atoms with Crippen LogP contribution in [0.3, 0.4) is 0 Å². The molecule has 0 spiro atoms. The highest BCUT2D eigenvalue weighted by atomic mass is 35.5. The first kappa shape index (κ1) is 18.0. The zero-order chi connectivity index (χ0) is 19.0. The Labute approximate surface area is 163 Å². The molecule has 0 fully saturated rings. The largest absolute Gasteiger partial charge is 0.276 e. The first-order valence-electron chi connectivity index (χ1n) is 8.53. The SMILES string of the molecule is CCCn1c(=O)c2cc(Cl)ccc2n2c(SCc3cccc(F)c3)nnc12. The zero-order valence-corrected chi connectivity index (χ0v) is 16.1. The molecule has 138 valence electrons. The van der Waals surface area contributed by atoms with Crippen molar-refractivity contribution in [1.29, 1.82) is 0 Å². The Kier molecular flexibility index (Phi) is 4.88. The molecule has 0 amide bonds. The lowest BCUT2D eigenvalue weighted by Crippen LogP contribution is -2.23. The van der Waals surface area contributed by atoms with Crippen LogP contribution in [0.5, 0.6) is 0 Å². The van der Waals surface area contributed by atoms with Gasteiger partial charge in [-0.25, -0.2) is 4.39 Å². The average Bonchev–Trinajstić information content (AvgIpc) is 3.07. The average molecular weight is 403 g/mol. The molecule has 0 aliphatic heterocycles. The van der Waals surface area contributed by atoms with E-state index >= 15 is 0 Å². The Balaban J connectivity index is 1.87. The van der Waals surface area contributed by atoms with Crippen LogP contribution in [0.2, 0.25) is 5.02 Å². The van der Waals surface area contributed by atoms with Gasteiger partial charge in [-0.3, -0.25) is 13.8 Å². The predicted octanol–water partition coefficient (Wildman–Crippen LogP) is 4.54. The summed E-state index contributed by atoms with van der Waals surface area (Å²) in [4.78, 5) is 12.9. The lowest BCUT2D eigenvalue weighted by molar-refractivity contribution is 0.626. The minimum Gasteiger partial charge on any atom is -0.276 e. The van der Waals surface area contributed by atoms with Gasteiger partial charge >= 0.3 is 0 Å². The molecule has 0 aliphatic rings. The number of aryl methyl sites for hydroxylation is 1. The third-order valence-corrected chi connectivity index (χ3v) is 5.47. The van der Waals surface area contributed by atoms with E-state index in [1.54, 1.807) is 28.8 Å². The second kappa shape index (κ2) is 7.32. The van der Waals surface area contributed by atoms with Crippen molar-refractivity contribution < 1.29 is 4.39 Å². The molecule has 5 nitrogen and oxygen atoms in total. The Morgan fingerprint density at radius 3 is 2.81 bits per heavy atom. The van der Waals surface area contributed by atoms with E-state index in [1.165, 1.54) is 23.9 Å². The standard InChI is InChI=1S/C19H16ClFN4OS/c1-2-8-24-17(26)15-10-13(20)6-7-16(15)25-18(24)22-23-19(25)27-11-12-4-3-5-14(21)9-12/h3-7,9-10H,2,8,11H2,1H3. The molecule has 27 heavy (non-hydrogen) atoms. The summed E-state index contributed by atoms with van der Waals surface area (Å²) in [5, 5.41) is 10.2. The van der Waals surface area contributed by atoms with Crippen LogP contribution in [0.25, 0.3) is 16.7 Å². The topological polar surface area (TPSA) is 52.2 Å². The predicted molar refractivity (Wildman–Crippen MR) is 106 cm³/mol. The van der Waals surface area contributed by atoms with Crippen LogP contribution in [0.15, 0.2) is 52.4 Å². The summed E-state index contributed by atoms with van der Waals surface area (Å²) in [6.45, 7) is 2.54. The minimum absolute atomic E-state index is 0.129. The van der Waals surface area contributed by atoms with E-state index in [4.69, 9.17) is 11.6 Å². The van der Waals surface area contributed by atoms with Crippen molar-refractivity contribution in [3.05, 3.63) is 69.2 Å². The highest BCUT2D eigenvalue weighted by Gasteiger charge is 2.17. The number of nitrogens with zero attached hydrogens (tertiary/aromatic N) is 4. The summed E-state index contributed by atoms with van der Waals surface area (Å²) < 4.78 is 16.9.